The van der Waals surface area contributed by atoms with Crippen LogP contribution >= 0.6 is 0 Å². The first-order chi connectivity index (χ1) is 10.2. The van der Waals surface area contributed by atoms with Gasteiger partial charge < -0.3 is 5.32 Å². The molecular formula is C20H25N. The minimum atomic E-state index is 0.615. The van der Waals surface area contributed by atoms with Crippen molar-refractivity contribution in [3.8, 4) is 0 Å². The molecule has 1 aliphatic rings. The van der Waals surface area contributed by atoms with Gasteiger partial charge in [0.25, 0.3) is 0 Å². The van der Waals surface area contributed by atoms with Gasteiger partial charge in [0.2, 0.25) is 0 Å². The fourth-order valence-electron chi connectivity index (χ4n) is 3.13. The Labute approximate surface area is 128 Å². The molecule has 1 N–H and O–H groups in total. The molecular weight excluding hydrogens is 254 g/mol. The lowest BCUT2D eigenvalue weighted by molar-refractivity contribution is 0.586. The van der Waals surface area contributed by atoms with Gasteiger partial charge in [-0.05, 0) is 54.4 Å². The second-order valence-electron chi connectivity index (χ2n) is 6.47. The van der Waals surface area contributed by atoms with Crippen LogP contribution in [0.15, 0.2) is 48.5 Å². The highest BCUT2D eigenvalue weighted by Gasteiger charge is 2.16. The van der Waals surface area contributed by atoms with Gasteiger partial charge in [-0.3, -0.25) is 0 Å². The van der Waals surface area contributed by atoms with E-state index in [4.69, 9.17) is 0 Å². The first kappa shape index (κ1) is 14.2. The van der Waals surface area contributed by atoms with Crippen LogP contribution < -0.4 is 5.32 Å². The van der Waals surface area contributed by atoms with E-state index in [1.807, 2.05) is 0 Å². The number of para-hydroxylation sites is 1. The summed E-state index contributed by atoms with van der Waals surface area (Å²) in [5.41, 5.74) is 5.70. The Morgan fingerprint density at radius 2 is 1.81 bits per heavy atom. The van der Waals surface area contributed by atoms with Crippen LogP contribution in [0, 0.1) is 0 Å². The van der Waals surface area contributed by atoms with E-state index >= 15 is 0 Å². The molecule has 0 saturated heterocycles. The maximum Gasteiger partial charge on any atom is 0.0374 e. The molecule has 0 amide bonds. The molecule has 0 radical (unpaired) electrons. The van der Waals surface area contributed by atoms with Crippen LogP contribution in [0.5, 0.6) is 0 Å². The molecule has 0 fully saturated rings. The predicted molar refractivity (Wildman–Crippen MR) is 91.0 cm³/mol. The quantitative estimate of drug-likeness (QED) is 0.814. The van der Waals surface area contributed by atoms with E-state index in [2.05, 4.69) is 67.7 Å². The van der Waals surface area contributed by atoms with Crippen LogP contribution in [0.2, 0.25) is 0 Å². The molecule has 21 heavy (non-hydrogen) atoms. The third kappa shape index (κ3) is 3.47. The normalized spacial score (nSPS) is 17.4. The third-order valence-electron chi connectivity index (χ3n) is 4.57. The monoisotopic (exact) mass is 279 g/mol. The SMILES string of the molecule is CC(C)c1ccc(CCC2CCc3ccccc3N2)cc1. The minimum Gasteiger partial charge on any atom is -0.382 e. The lowest BCUT2D eigenvalue weighted by atomic mass is 9.93. The van der Waals surface area contributed by atoms with Crippen molar-refractivity contribution in [2.75, 3.05) is 5.32 Å². The average molecular weight is 279 g/mol. The largest absolute Gasteiger partial charge is 0.382 e. The number of fused-ring (bicyclic) bond motifs is 1. The zero-order valence-electron chi connectivity index (χ0n) is 13.1. The summed E-state index contributed by atoms with van der Waals surface area (Å²) in [5.74, 6) is 0.621. The summed E-state index contributed by atoms with van der Waals surface area (Å²) in [6, 6.07) is 18.5. The van der Waals surface area contributed by atoms with Crippen molar-refractivity contribution in [3.05, 3.63) is 65.2 Å². The van der Waals surface area contributed by atoms with E-state index in [1.54, 1.807) is 0 Å². The Kier molecular flexibility index (Phi) is 4.28. The van der Waals surface area contributed by atoms with Crippen molar-refractivity contribution < 1.29 is 0 Å². The van der Waals surface area contributed by atoms with E-state index in [1.165, 1.54) is 41.6 Å². The highest BCUT2D eigenvalue weighted by atomic mass is 14.9. The standard InChI is InChI=1S/C20H25N/c1-15(2)17-10-7-16(8-11-17)9-13-19-14-12-18-5-3-4-6-20(18)21-19/h3-8,10-11,15,19,21H,9,12-14H2,1-2H3. The number of rotatable bonds is 4. The lowest BCUT2D eigenvalue weighted by Crippen LogP contribution is -2.25. The van der Waals surface area contributed by atoms with Gasteiger partial charge in [-0.15, -0.1) is 0 Å². The number of benzene rings is 2. The van der Waals surface area contributed by atoms with Crippen molar-refractivity contribution in [3.63, 3.8) is 0 Å². The maximum atomic E-state index is 3.70. The molecule has 110 valence electrons. The summed E-state index contributed by atoms with van der Waals surface area (Å²) in [6.45, 7) is 4.50. The first-order valence-electron chi connectivity index (χ1n) is 8.15. The maximum absolute atomic E-state index is 3.70. The summed E-state index contributed by atoms with van der Waals surface area (Å²) in [4.78, 5) is 0. The highest BCUT2D eigenvalue weighted by molar-refractivity contribution is 5.53. The van der Waals surface area contributed by atoms with Crippen molar-refractivity contribution in [2.24, 2.45) is 0 Å². The van der Waals surface area contributed by atoms with Crippen LogP contribution in [0.25, 0.3) is 0 Å². The lowest BCUT2D eigenvalue weighted by Gasteiger charge is -2.27. The van der Waals surface area contributed by atoms with E-state index in [9.17, 15) is 0 Å². The second kappa shape index (κ2) is 6.34. The van der Waals surface area contributed by atoms with Crippen LogP contribution in [-0.2, 0) is 12.8 Å². The minimum absolute atomic E-state index is 0.615. The predicted octanol–water partition coefficient (Wildman–Crippen LogP) is 5.17. The Bertz CT molecular complexity index is 583. The molecule has 3 rings (SSSR count). The van der Waals surface area contributed by atoms with Crippen LogP contribution in [0.3, 0.4) is 0 Å². The van der Waals surface area contributed by atoms with Crippen molar-refractivity contribution >= 4 is 5.69 Å². The van der Waals surface area contributed by atoms with Gasteiger partial charge in [0.15, 0.2) is 0 Å². The summed E-state index contributed by atoms with van der Waals surface area (Å²) in [5, 5.41) is 3.70. The van der Waals surface area contributed by atoms with Crippen LogP contribution in [0.4, 0.5) is 5.69 Å². The molecule has 0 saturated carbocycles. The Balaban J connectivity index is 1.56. The van der Waals surface area contributed by atoms with Crippen LogP contribution in [0.1, 0.15) is 49.3 Å². The summed E-state index contributed by atoms with van der Waals surface area (Å²) in [6.07, 6.45) is 4.84. The van der Waals surface area contributed by atoms with E-state index in [0.717, 1.165) is 6.42 Å². The summed E-state index contributed by atoms with van der Waals surface area (Å²) < 4.78 is 0. The Hall–Kier alpha value is -1.76. The molecule has 0 bridgehead atoms. The molecule has 2 aromatic carbocycles. The van der Waals surface area contributed by atoms with Crippen molar-refractivity contribution in [1.82, 2.24) is 0 Å². The molecule has 0 aliphatic carbocycles. The summed E-state index contributed by atoms with van der Waals surface area (Å²) in [7, 11) is 0. The first-order valence-corrected chi connectivity index (χ1v) is 8.15. The average Bonchev–Trinajstić information content (AvgIpc) is 2.53. The van der Waals surface area contributed by atoms with Gasteiger partial charge in [-0.2, -0.15) is 0 Å². The van der Waals surface area contributed by atoms with Crippen molar-refractivity contribution in [2.45, 2.75) is 51.5 Å². The van der Waals surface area contributed by atoms with Crippen molar-refractivity contribution in [1.29, 1.82) is 0 Å². The highest BCUT2D eigenvalue weighted by Crippen LogP contribution is 2.26. The Morgan fingerprint density at radius 3 is 2.57 bits per heavy atom. The molecule has 1 aliphatic heterocycles. The van der Waals surface area contributed by atoms with Gasteiger partial charge in [0.1, 0.15) is 0 Å². The molecule has 1 heteroatoms. The smallest absolute Gasteiger partial charge is 0.0374 e. The summed E-state index contributed by atoms with van der Waals surface area (Å²) >= 11 is 0. The number of anilines is 1. The van der Waals surface area contributed by atoms with Gasteiger partial charge in [-0.1, -0.05) is 56.3 Å². The fraction of sp³-hybridized carbons (Fsp3) is 0.400. The van der Waals surface area contributed by atoms with E-state index < -0.39 is 0 Å². The number of nitrogens with one attached hydrogen (secondary N) is 1. The zero-order valence-corrected chi connectivity index (χ0v) is 13.1. The number of hydrogen-bond donors (Lipinski definition) is 1. The van der Waals surface area contributed by atoms with Gasteiger partial charge in [0.05, 0.1) is 0 Å². The second-order valence-corrected chi connectivity index (χ2v) is 6.47. The molecule has 1 atom stereocenters. The molecule has 0 aromatic heterocycles. The molecule has 1 nitrogen and oxygen atoms in total. The van der Waals surface area contributed by atoms with E-state index in [0.29, 0.717) is 12.0 Å². The number of hydrogen-bond acceptors (Lipinski definition) is 1. The van der Waals surface area contributed by atoms with Gasteiger partial charge in [0, 0.05) is 11.7 Å². The van der Waals surface area contributed by atoms with E-state index in [-0.39, 0.29) is 0 Å². The Morgan fingerprint density at radius 1 is 1.05 bits per heavy atom. The zero-order chi connectivity index (χ0) is 14.7. The molecule has 0 spiro atoms. The van der Waals surface area contributed by atoms with Gasteiger partial charge >= 0.3 is 0 Å². The van der Waals surface area contributed by atoms with Gasteiger partial charge in [-0.25, -0.2) is 0 Å². The molecule has 1 heterocycles. The molecule has 2 aromatic rings. The topological polar surface area (TPSA) is 12.0 Å². The van der Waals surface area contributed by atoms with Crippen LogP contribution in [-0.4, -0.2) is 6.04 Å². The fourth-order valence-corrected chi connectivity index (χ4v) is 3.13. The molecule has 1 unspecified atom stereocenters. The third-order valence-corrected chi connectivity index (χ3v) is 4.57. The number of aryl methyl sites for hydroxylation is 2.